The van der Waals surface area contributed by atoms with Gasteiger partial charge in [-0.05, 0) is 53.5 Å². The van der Waals surface area contributed by atoms with E-state index < -0.39 is 5.76 Å². The summed E-state index contributed by atoms with van der Waals surface area (Å²) >= 11 is 6.48. The zero-order valence-electron chi connectivity index (χ0n) is 19.7. The Balaban J connectivity index is 1.46. The number of ether oxygens (including phenoxy) is 1. The highest BCUT2D eigenvalue weighted by atomic mass is 35.5. The van der Waals surface area contributed by atoms with Gasteiger partial charge in [0.25, 0.3) is 0 Å². The zero-order valence-corrected chi connectivity index (χ0v) is 20.5. The summed E-state index contributed by atoms with van der Waals surface area (Å²) < 4.78 is 13.0. The first-order chi connectivity index (χ1) is 17.5. The topological polar surface area (TPSA) is 98.8 Å². The van der Waals surface area contributed by atoms with E-state index in [0.29, 0.717) is 24.0 Å². The Bertz CT molecular complexity index is 1710. The summed E-state index contributed by atoms with van der Waals surface area (Å²) in [6.07, 6.45) is 2.57. The quantitative estimate of drug-likeness (QED) is 0.366. The highest BCUT2D eigenvalue weighted by molar-refractivity contribution is 6.34. The van der Waals surface area contributed by atoms with Gasteiger partial charge >= 0.3 is 5.76 Å². The normalized spacial score (nSPS) is 13.9. The van der Waals surface area contributed by atoms with Gasteiger partial charge in [-0.15, -0.1) is 0 Å². The number of aromatic nitrogens is 5. The van der Waals surface area contributed by atoms with Crippen LogP contribution in [0.1, 0.15) is 46.5 Å². The molecule has 1 N–H and O–H groups in total. The van der Waals surface area contributed by atoms with E-state index in [1.807, 2.05) is 43.3 Å². The van der Waals surface area contributed by atoms with Crippen molar-refractivity contribution in [3.8, 4) is 5.75 Å². The van der Waals surface area contributed by atoms with Gasteiger partial charge in [-0.3, -0.25) is 9.51 Å². The molecule has 0 amide bonds. The second kappa shape index (κ2) is 8.80. The molecule has 6 rings (SSSR count). The predicted octanol–water partition coefficient (Wildman–Crippen LogP) is 5.16. The maximum Gasteiger partial charge on any atom is 0.439 e. The van der Waals surface area contributed by atoms with Gasteiger partial charge < -0.3 is 9.30 Å². The monoisotopic (exact) mass is 499 g/mol. The van der Waals surface area contributed by atoms with Gasteiger partial charge in [0.15, 0.2) is 11.5 Å². The van der Waals surface area contributed by atoms with E-state index in [1.54, 1.807) is 0 Å². The number of rotatable bonds is 4. The Morgan fingerprint density at radius 2 is 2.00 bits per heavy atom. The second-order valence-corrected chi connectivity index (χ2v) is 9.11. The highest BCUT2D eigenvalue weighted by Gasteiger charge is 2.21. The number of nitrogens with one attached hydrogen (secondary N) is 1. The van der Waals surface area contributed by atoms with Crippen LogP contribution in [0.3, 0.4) is 0 Å². The minimum atomic E-state index is -0.598. The zero-order chi connectivity index (χ0) is 24.8. The molecule has 4 heterocycles. The van der Waals surface area contributed by atoms with Crippen LogP contribution >= 0.6 is 11.6 Å². The lowest BCUT2D eigenvalue weighted by atomic mass is 9.92. The van der Waals surface area contributed by atoms with Crippen LogP contribution in [0.4, 0.5) is 0 Å². The summed E-state index contributed by atoms with van der Waals surface area (Å²) in [6, 6.07) is 16.0. The Kier molecular flexibility index (Phi) is 5.45. The third-order valence-electron chi connectivity index (χ3n) is 6.28. The number of benzene rings is 2. The first-order valence-electron chi connectivity index (χ1n) is 11.6. The molecule has 0 spiro atoms. The van der Waals surface area contributed by atoms with Crippen molar-refractivity contribution < 1.29 is 9.26 Å². The molecule has 5 aromatic rings. The molecule has 9 heteroatoms. The smallest absolute Gasteiger partial charge is 0.439 e. The summed E-state index contributed by atoms with van der Waals surface area (Å²) in [5, 5.41) is 4.44. The third-order valence-corrected chi connectivity index (χ3v) is 6.57. The van der Waals surface area contributed by atoms with Crippen molar-refractivity contribution in [2.75, 3.05) is 0 Å². The van der Waals surface area contributed by atoms with Gasteiger partial charge in [-0.25, -0.2) is 14.8 Å². The lowest BCUT2D eigenvalue weighted by molar-refractivity contribution is 0.307. The van der Waals surface area contributed by atoms with Crippen molar-refractivity contribution in [1.82, 2.24) is 24.7 Å². The molecule has 180 valence electrons. The molecule has 2 aromatic carbocycles. The molecule has 0 fully saturated rings. The van der Waals surface area contributed by atoms with Gasteiger partial charge in [0.05, 0.1) is 11.6 Å². The average molecular weight is 500 g/mol. The summed E-state index contributed by atoms with van der Waals surface area (Å²) in [6.45, 7) is 5.01. The molecule has 36 heavy (non-hydrogen) atoms. The summed E-state index contributed by atoms with van der Waals surface area (Å²) in [5.41, 5.74) is 7.26. The Morgan fingerprint density at radius 3 is 2.81 bits per heavy atom. The van der Waals surface area contributed by atoms with Crippen molar-refractivity contribution in [1.29, 1.82) is 0 Å². The predicted molar refractivity (Wildman–Crippen MR) is 137 cm³/mol. The number of halogens is 1. The number of nitrogens with zero attached hydrogens (tertiary/aromatic N) is 4. The van der Waals surface area contributed by atoms with Gasteiger partial charge in [0, 0.05) is 17.7 Å². The minimum absolute atomic E-state index is 0.345. The van der Waals surface area contributed by atoms with Crippen molar-refractivity contribution >= 4 is 34.4 Å². The second-order valence-electron chi connectivity index (χ2n) is 8.70. The van der Waals surface area contributed by atoms with Crippen LogP contribution in [-0.4, -0.2) is 24.7 Å². The Labute approximate surface area is 211 Å². The summed E-state index contributed by atoms with van der Waals surface area (Å²) in [5.74, 6) is 1.44. The van der Waals surface area contributed by atoms with Gasteiger partial charge in [-0.2, -0.15) is 0 Å². The van der Waals surface area contributed by atoms with Gasteiger partial charge in [0.2, 0.25) is 0 Å². The molecule has 0 unspecified atom stereocenters. The molecular weight excluding hydrogens is 478 g/mol. The molecule has 0 aliphatic carbocycles. The first-order valence-corrected chi connectivity index (χ1v) is 12.0. The number of H-pyrrole nitrogens is 1. The molecule has 3 aromatic heterocycles. The van der Waals surface area contributed by atoms with Crippen LogP contribution < -0.4 is 10.5 Å². The molecular formula is C27H22ClN5O3. The molecule has 0 saturated carbocycles. The maximum atomic E-state index is 11.5. The number of hydrogen-bond donors (Lipinski definition) is 1. The number of hydrogen-bond acceptors (Lipinski definition) is 6. The van der Waals surface area contributed by atoms with Crippen LogP contribution in [0.15, 0.2) is 57.8 Å². The van der Waals surface area contributed by atoms with Crippen molar-refractivity contribution in [2.24, 2.45) is 0 Å². The molecule has 1 aliphatic rings. The number of aryl methyl sites for hydroxylation is 2. The molecule has 0 atom stereocenters. The van der Waals surface area contributed by atoms with E-state index in [-0.39, 0.29) is 0 Å². The van der Waals surface area contributed by atoms with E-state index >= 15 is 0 Å². The minimum Gasteiger partial charge on any atom is -0.488 e. The van der Waals surface area contributed by atoms with Crippen molar-refractivity contribution in [3.63, 3.8) is 0 Å². The molecule has 0 bridgehead atoms. The SMILES string of the molecule is CCc1nc2c(Cl)cc(C)nc2n1Cc1ccc2c(c1)COc1ccccc1/C2=C\c1noc(=O)[nH]1. The molecule has 0 saturated heterocycles. The van der Waals surface area contributed by atoms with Crippen LogP contribution in [0.25, 0.3) is 22.8 Å². The summed E-state index contributed by atoms with van der Waals surface area (Å²) in [4.78, 5) is 23.6. The average Bonchev–Trinajstić information content (AvgIpc) is 3.40. The van der Waals surface area contributed by atoms with E-state index in [0.717, 1.165) is 62.7 Å². The fourth-order valence-corrected chi connectivity index (χ4v) is 4.96. The van der Waals surface area contributed by atoms with Crippen LogP contribution in [-0.2, 0) is 19.6 Å². The van der Waals surface area contributed by atoms with E-state index in [4.69, 9.17) is 30.8 Å². The maximum absolute atomic E-state index is 11.5. The van der Waals surface area contributed by atoms with E-state index in [2.05, 4.69) is 39.8 Å². The fourth-order valence-electron chi connectivity index (χ4n) is 4.67. The van der Waals surface area contributed by atoms with Crippen molar-refractivity contribution in [2.45, 2.75) is 33.4 Å². The van der Waals surface area contributed by atoms with Crippen LogP contribution in [0, 0.1) is 6.92 Å². The number of pyridine rings is 1. The number of para-hydroxylation sites is 1. The van der Waals surface area contributed by atoms with Crippen molar-refractivity contribution in [3.05, 3.63) is 104 Å². The Hall–Kier alpha value is -4.17. The number of fused-ring (bicyclic) bond motifs is 3. The van der Waals surface area contributed by atoms with Crippen LogP contribution in [0.5, 0.6) is 5.75 Å². The van der Waals surface area contributed by atoms with Gasteiger partial charge in [-0.1, -0.05) is 54.0 Å². The molecule has 0 radical (unpaired) electrons. The first kappa shape index (κ1) is 22.3. The fraction of sp³-hybridized carbons (Fsp3) is 0.185. The molecule has 1 aliphatic heterocycles. The molecule has 8 nitrogen and oxygen atoms in total. The van der Waals surface area contributed by atoms with Gasteiger partial charge in [0.1, 0.15) is 23.7 Å². The largest absolute Gasteiger partial charge is 0.488 e. The van der Waals surface area contributed by atoms with Crippen LogP contribution in [0.2, 0.25) is 5.02 Å². The lowest BCUT2D eigenvalue weighted by Gasteiger charge is -2.13. The Morgan fingerprint density at radius 1 is 1.14 bits per heavy atom. The standard InChI is InChI=1S/C27H22ClN5O3/c1-3-24-31-25-21(28)10-15(2)29-26(25)33(24)13-16-8-9-18-17(11-16)14-35-22-7-5-4-6-19(22)20(18)12-23-30-27(34)36-32-23/h4-12H,3,13-14H2,1-2H3,(H,30,32,34)/b20-12-. The van der Waals surface area contributed by atoms with E-state index in [1.165, 1.54) is 0 Å². The lowest BCUT2D eigenvalue weighted by Crippen LogP contribution is -2.07. The summed E-state index contributed by atoms with van der Waals surface area (Å²) in [7, 11) is 0. The number of imidazole rings is 1. The third kappa shape index (κ3) is 3.89. The number of aromatic amines is 1. The highest BCUT2D eigenvalue weighted by Crippen LogP contribution is 2.38. The van der Waals surface area contributed by atoms with E-state index in [9.17, 15) is 4.79 Å².